The van der Waals surface area contributed by atoms with Gasteiger partial charge in [0, 0.05) is 17.7 Å². The van der Waals surface area contributed by atoms with E-state index < -0.39 is 11.9 Å². The van der Waals surface area contributed by atoms with Crippen LogP contribution in [-0.4, -0.2) is 41.7 Å². The number of carbonyl (C=O) groups is 4. The van der Waals surface area contributed by atoms with Gasteiger partial charge in [-0.1, -0.05) is 6.92 Å². The summed E-state index contributed by atoms with van der Waals surface area (Å²) in [6.07, 6.45) is 2.92. The molecular formula is C18H22N2O5S. The first-order valence-corrected chi connectivity index (χ1v) is 9.67. The molecule has 1 fully saturated rings. The molecule has 0 unspecified atom stereocenters. The SMILES string of the molecule is CCOC(=O)c1c(NC(=O)CN2C(=O)CCC2=O)sc2c1CC[C@@H](C)C2. The standard InChI is InChI=1S/C18H22N2O5S/c1-3-25-18(24)16-11-5-4-10(2)8-12(11)26-17(16)19-13(21)9-20-14(22)6-7-15(20)23/h10H,3-9H2,1-2H3,(H,19,21)/t10-/m1/s1. The van der Waals surface area contributed by atoms with E-state index >= 15 is 0 Å². The van der Waals surface area contributed by atoms with Gasteiger partial charge in [-0.05, 0) is 37.7 Å². The fourth-order valence-corrected chi connectivity index (χ4v) is 4.78. The molecular weight excluding hydrogens is 356 g/mol. The van der Waals surface area contributed by atoms with E-state index in [1.165, 1.54) is 11.3 Å². The van der Waals surface area contributed by atoms with Crippen molar-refractivity contribution in [1.29, 1.82) is 0 Å². The molecule has 3 amide bonds. The summed E-state index contributed by atoms with van der Waals surface area (Å²) in [7, 11) is 0. The molecule has 2 heterocycles. The highest BCUT2D eigenvalue weighted by molar-refractivity contribution is 7.17. The maximum absolute atomic E-state index is 12.4. The molecule has 0 radical (unpaired) electrons. The van der Waals surface area contributed by atoms with Crippen LogP contribution in [0.25, 0.3) is 0 Å². The molecule has 1 aromatic rings. The topological polar surface area (TPSA) is 92.8 Å². The number of rotatable bonds is 5. The summed E-state index contributed by atoms with van der Waals surface area (Å²) >= 11 is 1.39. The van der Waals surface area contributed by atoms with E-state index in [9.17, 15) is 19.2 Å². The average molecular weight is 378 g/mol. The Bertz CT molecular complexity index is 754. The first-order valence-electron chi connectivity index (χ1n) is 8.85. The Morgan fingerprint density at radius 1 is 1.23 bits per heavy atom. The van der Waals surface area contributed by atoms with Crippen molar-refractivity contribution in [3.05, 3.63) is 16.0 Å². The van der Waals surface area contributed by atoms with E-state index in [1.54, 1.807) is 6.92 Å². The van der Waals surface area contributed by atoms with E-state index in [-0.39, 0.29) is 37.8 Å². The number of amides is 3. The van der Waals surface area contributed by atoms with Gasteiger partial charge < -0.3 is 10.1 Å². The minimum absolute atomic E-state index is 0.144. The lowest BCUT2D eigenvalue weighted by atomic mass is 9.88. The van der Waals surface area contributed by atoms with Crippen molar-refractivity contribution in [3.63, 3.8) is 0 Å². The molecule has 7 nitrogen and oxygen atoms in total. The fourth-order valence-electron chi connectivity index (χ4n) is 3.37. The van der Waals surface area contributed by atoms with E-state index in [4.69, 9.17) is 4.74 Å². The van der Waals surface area contributed by atoms with Crippen LogP contribution in [-0.2, 0) is 32.0 Å². The Morgan fingerprint density at radius 2 is 1.92 bits per heavy atom. The Hall–Kier alpha value is -2.22. The van der Waals surface area contributed by atoms with Crippen molar-refractivity contribution >= 4 is 40.0 Å². The molecule has 0 bridgehead atoms. The minimum Gasteiger partial charge on any atom is -0.462 e. The molecule has 1 aliphatic carbocycles. The van der Waals surface area contributed by atoms with Crippen LogP contribution in [0, 0.1) is 5.92 Å². The lowest BCUT2D eigenvalue weighted by Crippen LogP contribution is -2.37. The van der Waals surface area contributed by atoms with Crippen molar-refractivity contribution in [2.75, 3.05) is 18.5 Å². The van der Waals surface area contributed by atoms with Crippen LogP contribution in [0.1, 0.15) is 53.9 Å². The number of nitrogens with zero attached hydrogens (tertiary/aromatic N) is 1. The summed E-state index contributed by atoms with van der Waals surface area (Å²) in [5.74, 6) is -1.07. The summed E-state index contributed by atoms with van der Waals surface area (Å²) in [4.78, 5) is 50.2. The van der Waals surface area contributed by atoms with E-state index in [0.717, 1.165) is 34.6 Å². The van der Waals surface area contributed by atoms with Crippen LogP contribution < -0.4 is 5.32 Å². The number of esters is 1. The minimum atomic E-state index is -0.481. The van der Waals surface area contributed by atoms with Gasteiger partial charge in [-0.3, -0.25) is 19.3 Å². The smallest absolute Gasteiger partial charge is 0.341 e. The van der Waals surface area contributed by atoms with Gasteiger partial charge in [0.1, 0.15) is 11.5 Å². The zero-order chi connectivity index (χ0) is 18.8. The van der Waals surface area contributed by atoms with Gasteiger partial charge in [0.15, 0.2) is 0 Å². The van der Waals surface area contributed by atoms with Crippen molar-refractivity contribution in [2.24, 2.45) is 5.92 Å². The monoisotopic (exact) mass is 378 g/mol. The highest BCUT2D eigenvalue weighted by atomic mass is 32.1. The van der Waals surface area contributed by atoms with Crippen LogP contribution in [0.2, 0.25) is 0 Å². The number of ether oxygens (including phenoxy) is 1. The highest BCUT2D eigenvalue weighted by Crippen LogP contribution is 2.40. The Morgan fingerprint density at radius 3 is 2.58 bits per heavy atom. The zero-order valence-corrected chi connectivity index (χ0v) is 15.7. The predicted molar refractivity (Wildman–Crippen MR) is 96.0 cm³/mol. The number of likely N-dealkylation sites (tertiary alicyclic amines) is 1. The van der Waals surface area contributed by atoms with Gasteiger partial charge in [0.05, 0.1) is 12.2 Å². The summed E-state index contributed by atoms with van der Waals surface area (Å²) in [5, 5.41) is 3.17. The molecule has 2 aliphatic rings. The van der Waals surface area contributed by atoms with Gasteiger partial charge >= 0.3 is 5.97 Å². The molecule has 0 saturated carbocycles. The summed E-state index contributed by atoms with van der Waals surface area (Å²) in [6.45, 7) is 3.83. The second-order valence-corrected chi connectivity index (χ2v) is 7.80. The Labute approximate surface area is 155 Å². The first-order chi connectivity index (χ1) is 12.4. The van der Waals surface area contributed by atoms with Crippen LogP contribution in [0.3, 0.4) is 0 Å². The quantitative estimate of drug-likeness (QED) is 0.626. The van der Waals surface area contributed by atoms with Crippen LogP contribution in [0.5, 0.6) is 0 Å². The number of nitrogens with one attached hydrogen (secondary N) is 1. The number of thiophene rings is 1. The molecule has 1 N–H and O–H groups in total. The first kappa shape index (κ1) is 18.6. The number of anilines is 1. The summed E-state index contributed by atoms with van der Waals surface area (Å²) in [6, 6.07) is 0. The summed E-state index contributed by atoms with van der Waals surface area (Å²) < 4.78 is 5.17. The zero-order valence-electron chi connectivity index (χ0n) is 14.9. The molecule has 1 saturated heterocycles. The maximum Gasteiger partial charge on any atom is 0.341 e. The molecule has 8 heteroatoms. The third-order valence-corrected chi connectivity index (χ3v) is 5.87. The molecule has 140 valence electrons. The Balaban J connectivity index is 1.82. The number of fused-ring (bicyclic) bond motifs is 1. The summed E-state index contributed by atoms with van der Waals surface area (Å²) in [5.41, 5.74) is 1.38. The van der Waals surface area contributed by atoms with E-state index in [1.807, 2.05) is 0 Å². The van der Waals surface area contributed by atoms with E-state index in [2.05, 4.69) is 12.2 Å². The lowest BCUT2D eigenvalue weighted by Gasteiger charge is -2.18. The number of carbonyl (C=O) groups excluding carboxylic acids is 4. The fraction of sp³-hybridized carbons (Fsp3) is 0.556. The molecule has 1 aliphatic heterocycles. The normalized spacial score (nSPS) is 19.5. The van der Waals surface area contributed by atoms with Crippen molar-refractivity contribution in [2.45, 2.75) is 46.0 Å². The molecule has 0 aromatic carbocycles. The highest BCUT2D eigenvalue weighted by Gasteiger charge is 2.32. The lowest BCUT2D eigenvalue weighted by molar-refractivity contribution is -0.141. The number of hydrogen-bond donors (Lipinski definition) is 1. The molecule has 1 atom stereocenters. The van der Waals surface area contributed by atoms with Crippen LogP contribution >= 0.6 is 11.3 Å². The molecule has 1 aromatic heterocycles. The third kappa shape index (κ3) is 3.65. The number of hydrogen-bond acceptors (Lipinski definition) is 6. The largest absolute Gasteiger partial charge is 0.462 e. The predicted octanol–water partition coefficient (Wildman–Crippen LogP) is 2.14. The molecule has 26 heavy (non-hydrogen) atoms. The molecule has 0 spiro atoms. The van der Waals surface area contributed by atoms with Crippen LogP contribution in [0.15, 0.2) is 0 Å². The van der Waals surface area contributed by atoms with Gasteiger partial charge in [-0.25, -0.2) is 4.79 Å². The van der Waals surface area contributed by atoms with Gasteiger partial charge in [-0.15, -0.1) is 11.3 Å². The third-order valence-electron chi connectivity index (χ3n) is 4.70. The average Bonchev–Trinajstić information content (AvgIpc) is 3.08. The van der Waals surface area contributed by atoms with Crippen molar-refractivity contribution < 1.29 is 23.9 Å². The second kappa shape index (κ2) is 7.57. The maximum atomic E-state index is 12.4. The van der Waals surface area contributed by atoms with Gasteiger partial charge in [0.2, 0.25) is 17.7 Å². The van der Waals surface area contributed by atoms with Gasteiger partial charge in [-0.2, -0.15) is 0 Å². The molecule has 3 rings (SSSR count). The number of imide groups is 1. The van der Waals surface area contributed by atoms with Crippen molar-refractivity contribution in [3.8, 4) is 0 Å². The second-order valence-electron chi connectivity index (χ2n) is 6.70. The van der Waals surface area contributed by atoms with Crippen LogP contribution in [0.4, 0.5) is 5.00 Å². The van der Waals surface area contributed by atoms with Crippen molar-refractivity contribution in [1.82, 2.24) is 4.90 Å². The Kier molecular flexibility index (Phi) is 5.41. The van der Waals surface area contributed by atoms with E-state index in [0.29, 0.717) is 16.5 Å². The van der Waals surface area contributed by atoms with Gasteiger partial charge in [0.25, 0.3) is 0 Å².